The number of fused-ring (bicyclic) bond motifs is 1. The zero-order valence-electron chi connectivity index (χ0n) is 13.0. The van der Waals surface area contributed by atoms with Crippen molar-refractivity contribution in [1.29, 1.82) is 0 Å². The van der Waals surface area contributed by atoms with E-state index in [1.54, 1.807) is 11.8 Å². The number of nitrogens with zero attached hydrogens (tertiary/aromatic N) is 1. The summed E-state index contributed by atoms with van der Waals surface area (Å²) in [5.74, 6) is 0.745. The molecule has 1 atom stereocenters. The minimum Gasteiger partial charge on any atom is -0.395 e. The highest BCUT2D eigenvalue weighted by Crippen LogP contribution is 2.39. The molecule has 3 rings (SSSR count). The number of benzene rings is 2. The molecule has 1 aliphatic heterocycles. The van der Waals surface area contributed by atoms with Crippen molar-refractivity contribution in [3.05, 3.63) is 54.1 Å². The van der Waals surface area contributed by atoms with Gasteiger partial charge in [0, 0.05) is 35.6 Å². The van der Waals surface area contributed by atoms with Crippen LogP contribution in [0.4, 0.5) is 11.4 Å². The van der Waals surface area contributed by atoms with Gasteiger partial charge < -0.3 is 15.3 Å². The Labute approximate surface area is 140 Å². The average molecular weight is 328 g/mol. The highest BCUT2D eigenvalue weighted by Gasteiger charge is 2.28. The Balaban J connectivity index is 1.67. The Morgan fingerprint density at radius 1 is 1.26 bits per heavy atom. The molecule has 2 aromatic carbocycles. The van der Waals surface area contributed by atoms with Crippen LogP contribution in [-0.2, 0) is 4.79 Å². The minimum absolute atomic E-state index is 0.0407. The Hall–Kier alpha value is -1.98. The first-order valence-electron chi connectivity index (χ1n) is 7.63. The molecule has 1 amide bonds. The largest absolute Gasteiger partial charge is 0.395 e. The second-order valence-corrected chi connectivity index (χ2v) is 6.64. The molecule has 5 heteroatoms. The van der Waals surface area contributed by atoms with Crippen molar-refractivity contribution in [2.75, 3.05) is 36.2 Å². The van der Waals surface area contributed by atoms with Gasteiger partial charge in [0.2, 0.25) is 5.91 Å². The summed E-state index contributed by atoms with van der Waals surface area (Å²) in [5, 5.41) is 12.0. The van der Waals surface area contributed by atoms with Gasteiger partial charge in [-0.2, -0.15) is 0 Å². The van der Waals surface area contributed by atoms with Crippen LogP contribution in [0.15, 0.2) is 53.4 Å². The molecule has 120 valence electrons. The predicted octanol–water partition coefficient (Wildman–Crippen LogP) is 2.94. The van der Waals surface area contributed by atoms with E-state index in [9.17, 15) is 4.79 Å². The van der Waals surface area contributed by atoms with Crippen molar-refractivity contribution in [2.45, 2.75) is 10.8 Å². The molecule has 2 aromatic rings. The first-order chi connectivity index (χ1) is 11.2. The number of rotatable bonds is 5. The van der Waals surface area contributed by atoms with E-state index < -0.39 is 0 Å². The van der Waals surface area contributed by atoms with Gasteiger partial charge in [-0.05, 0) is 35.9 Å². The van der Waals surface area contributed by atoms with Crippen LogP contribution < -0.4 is 10.2 Å². The molecular weight excluding hydrogens is 308 g/mol. The van der Waals surface area contributed by atoms with Crippen LogP contribution in [-0.4, -0.2) is 37.0 Å². The molecule has 4 nitrogen and oxygen atoms in total. The lowest BCUT2D eigenvalue weighted by Crippen LogP contribution is -2.22. The van der Waals surface area contributed by atoms with E-state index in [1.165, 1.54) is 4.90 Å². The lowest BCUT2D eigenvalue weighted by atomic mass is 10.0. The summed E-state index contributed by atoms with van der Waals surface area (Å²) in [6, 6.07) is 15.8. The third-order valence-electron chi connectivity index (χ3n) is 4.03. The van der Waals surface area contributed by atoms with E-state index >= 15 is 0 Å². The molecule has 1 heterocycles. The summed E-state index contributed by atoms with van der Waals surface area (Å²) in [4.78, 5) is 15.7. The number of carbonyl (C=O) groups excluding carboxylic acids is 1. The summed E-state index contributed by atoms with van der Waals surface area (Å²) >= 11 is 1.74. The van der Waals surface area contributed by atoms with Crippen molar-refractivity contribution in [3.63, 3.8) is 0 Å². The fourth-order valence-electron chi connectivity index (χ4n) is 2.69. The standard InChI is InChI=1S/C18H20N2O2S/c1-20(10-11-21)14-8-6-13(7-9-14)19-18(22)16-12-23-17-5-3-2-4-15(16)17/h2-9,16,21H,10-12H2,1H3,(H,19,22). The van der Waals surface area contributed by atoms with Gasteiger partial charge in [0.05, 0.1) is 12.5 Å². The summed E-state index contributed by atoms with van der Waals surface area (Å²) in [6.45, 7) is 0.704. The SMILES string of the molecule is CN(CCO)c1ccc(NC(=O)C2CSc3ccccc32)cc1. The Morgan fingerprint density at radius 3 is 2.74 bits per heavy atom. The molecular formula is C18H20N2O2S. The molecule has 0 aromatic heterocycles. The summed E-state index contributed by atoms with van der Waals surface area (Å²) in [5.41, 5.74) is 2.93. The number of carbonyl (C=O) groups is 1. The van der Waals surface area contributed by atoms with Crippen molar-refractivity contribution in [2.24, 2.45) is 0 Å². The fourth-order valence-corrected chi connectivity index (χ4v) is 3.92. The molecule has 23 heavy (non-hydrogen) atoms. The topological polar surface area (TPSA) is 52.6 Å². The van der Waals surface area contributed by atoms with Gasteiger partial charge in [0.1, 0.15) is 0 Å². The highest BCUT2D eigenvalue weighted by molar-refractivity contribution is 7.99. The van der Waals surface area contributed by atoms with Crippen LogP contribution >= 0.6 is 11.8 Å². The van der Waals surface area contributed by atoms with E-state index in [0.29, 0.717) is 6.54 Å². The van der Waals surface area contributed by atoms with E-state index in [1.807, 2.05) is 54.4 Å². The first kappa shape index (κ1) is 15.9. The maximum Gasteiger partial charge on any atom is 0.232 e. The second-order valence-electron chi connectivity index (χ2n) is 5.58. The van der Waals surface area contributed by atoms with Crippen LogP contribution in [0.5, 0.6) is 0 Å². The molecule has 0 saturated carbocycles. The van der Waals surface area contributed by atoms with Crippen LogP contribution in [0.3, 0.4) is 0 Å². The molecule has 1 aliphatic rings. The van der Waals surface area contributed by atoms with Crippen LogP contribution in [0.1, 0.15) is 11.5 Å². The Morgan fingerprint density at radius 2 is 2.00 bits per heavy atom. The van der Waals surface area contributed by atoms with Crippen molar-refractivity contribution in [3.8, 4) is 0 Å². The first-order valence-corrected chi connectivity index (χ1v) is 8.62. The lowest BCUT2D eigenvalue weighted by Gasteiger charge is -2.18. The van der Waals surface area contributed by atoms with Crippen molar-refractivity contribution < 1.29 is 9.90 Å². The fraction of sp³-hybridized carbons (Fsp3) is 0.278. The van der Waals surface area contributed by atoms with Gasteiger partial charge in [0.25, 0.3) is 0 Å². The number of nitrogens with one attached hydrogen (secondary N) is 1. The molecule has 1 unspecified atom stereocenters. The maximum absolute atomic E-state index is 12.5. The third-order valence-corrected chi connectivity index (χ3v) is 5.21. The molecule has 0 fully saturated rings. The highest BCUT2D eigenvalue weighted by atomic mass is 32.2. The third kappa shape index (κ3) is 3.51. The number of amides is 1. The monoisotopic (exact) mass is 328 g/mol. The van der Waals surface area contributed by atoms with E-state index in [0.717, 1.165) is 22.7 Å². The van der Waals surface area contributed by atoms with Crippen molar-refractivity contribution >= 4 is 29.0 Å². The molecule has 0 saturated heterocycles. The predicted molar refractivity (Wildman–Crippen MR) is 95.3 cm³/mol. The molecule has 0 radical (unpaired) electrons. The van der Waals surface area contributed by atoms with E-state index in [4.69, 9.17) is 5.11 Å². The number of anilines is 2. The van der Waals surface area contributed by atoms with Gasteiger partial charge in [-0.15, -0.1) is 11.8 Å². The zero-order valence-corrected chi connectivity index (χ0v) is 13.8. The van der Waals surface area contributed by atoms with Crippen molar-refractivity contribution in [1.82, 2.24) is 0 Å². The molecule has 0 bridgehead atoms. The van der Waals surface area contributed by atoms with Gasteiger partial charge in [-0.3, -0.25) is 4.79 Å². The van der Waals surface area contributed by atoms with Crippen LogP contribution in [0.25, 0.3) is 0 Å². The summed E-state index contributed by atoms with van der Waals surface area (Å²) < 4.78 is 0. The van der Waals surface area contributed by atoms with Gasteiger partial charge >= 0.3 is 0 Å². The zero-order chi connectivity index (χ0) is 16.2. The maximum atomic E-state index is 12.5. The number of aliphatic hydroxyl groups excluding tert-OH is 1. The summed E-state index contributed by atoms with van der Waals surface area (Å²) in [6.07, 6.45) is 0. The van der Waals surface area contributed by atoms with Crippen LogP contribution in [0, 0.1) is 0 Å². The molecule has 2 N–H and O–H groups in total. The molecule has 0 aliphatic carbocycles. The summed E-state index contributed by atoms with van der Waals surface area (Å²) in [7, 11) is 1.93. The Bertz CT molecular complexity index is 688. The number of likely N-dealkylation sites (N-methyl/N-ethyl adjacent to an activating group) is 1. The lowest BCUT2D eigenvalue weighted by molar-refractivity contribution is -0.117. The molecule has 0 spiro atoms. The van der Waals surface area contributed by atoms with Gasteiger partial charge in [0.15, 0.2) is 0 Å². The quantitative estimate of drug-likeness (QED) is 0.886. The van der Waals surface area contributed by atoms with Gasteiger partial charge in [-0.1, -0.05) is 18.2 Å². The average Bonchev–Trinajstić information content (AvgIpc) is 3.00. The minimum atomic E-state index is -0.0899. The number of aliphatic hydroxyl groups is 1. The second kappa shape index (κ2) is 7.06. The normalized spacial score (nSPS) is 16.0. The Kier molecular flexibility index (Phi) is 4.88. The number of hydrogen-bond donors (Lipinski definition) is 2. The van der Waals surface area contributed by atoms with E-state index in [-0.39, 0.29) is 18.4 Å². The number of thioether (sulfide) groups is 1. The smallest absolute Gasteiger partial charge is 0.232 e. The van der Waals surface area contributed by atoms with Gasteiger partial charge in [-0.25, -0.2) is 0 Å². The number of hydrogen-bond acceptors (Lipinski definition) is 4. The van der Waals surface area contributed by atoms with E-state index in [2.05, 4.69) is 11.4 Å². The van der Waals surface area contributed by atoms with Crippen LogP contribution in [0.2, 0.25) is 0 Å².